The van der Waals surface area contributed by atoms with Crippen molar-refractivity contribution in [2.75, 3.05) is 6.54 Å². The monoisotopic (exact) mass is 245 g/mol. The van der Waals surface area contributed by atoms with Gasteiger partial charge < -0.3 is 5.32 Å². The maximum atomic E-state index is 14.0. The van der Waals surface area contributed by atoms with Gasteiger partial charge >= 0.3 is 0 Å². The lowest BCUT2D eigenvalue weighted by atomic mass is 9.91. The third kappa shape index (κ3) is 1.81. The maximum Gasteiger partial charge on any atom is 0.131 e. The summed E-state index contributed by atoms with van der Waals surface area (Å²) in [5.41, 5.74) is 2.73. The van der Waals surface area contributed by atoms with Crippen LogP contribution in [0.2, 0.25) is 0 Å². The maximum absolute atomic E-state index is 14.0. The first-order chi connectivity index (χ1) is 8.77. The second-order valence-corrected chi connectivity index (χ2v) is 4.47. The summed E-state index contributed by atoms with van der Waals surface area (Å²) in [6.07, 6.45) is 0.858. The first-order valence-corrected chi connectivity index (χ1v) is 6.03. The summed E-state index contributed by atoms with van der Waals surface area (Å²) in [7, 11) is 0. The number of hydrogen-bond donors (Lipinski definition) is 1. The third-order valence-corrected chi connectivity index (χ3v) is 3.38. The van der Waals surface area contributed by atoms with Crippen LogP contribution < -0.4 is 5.32 Å². The average molecular weight is 245 g/mol. The van der Waals surface area contributed by atoms with Crippen molar-refractivity contribution in [2.24, 2.45) is 0 Å². The van der Waals surface area contributed by atoms with E-state index in [9.17, 15) is 8.78 Å². The van der Waals surface area contributed by atoms with Crippen molar-refractivity contribution in [3.05, 3.63) is 59.2 Å². The fraction of sp³-hybridized carbons (Fsp3) is 0.200. The predicted molar refractivity (Wildman–Crippen MR) is 67.2 cm³/mol. The van der Waals surface area contributed by atoms with Gasteiger partial charge in [0.15, 0.2) is 0 Å². The summed E-state index contributed by atoms with van der Waals surface area (Å²) < 4.78 is 27.9. The smallest absolute Gasteiger partial charge is 0.131 e. The fourth-order valence-electron chi connectivity index (χ4n) is 2.49. The largest absolute Gasteiger partial charge is 0.312 e. The second kappa shape index (κ2) is 4.50. The molecule has 0 amide bonds. The molecular weight excluding hydrogens is 232 g/mol. The normalized spacial score (nSPS) is 14.3. The van der Waals surface area contributed by atoms with E-state index < -0.39 is 0 Å². The SMILES string of the molecule is Fc1ccccc1-c1c(F)ccc2c1CNCC2. The molecule has 2 aromatic rings. The Kier molecular flexibility index (Phi) is 2.84. The number of hydrogen-bond acceptors (Lipinski definition) is 1. The van der Waals surface area contributed by atoms with Crippen LogP contribution in [-0.4, -0.2) is 6.54 Å². The molecule has 1 heterocycles. The molecule has 92 valence electrons. The van der Waals surface area contributed by atoms with Crippen LogP contribution in [0.15, 0.2) is 36.4 Å². The van der Waals surface area contributed by atoms with Crippen molar-refractivity contribution < 1.29 is 8.78 Å². The van der Waals surface area contributed by atoms with Crippen molar-refractivity contribution in [3.63, 3.8) is 0 Å². The Labute approximate surface area is 104 Å². The highest BCUT2D eigenvalue weighted by Crippen LogP contribution is 2.32. The lowest BCUT2D eigenvalue weighted by Gasteiger charge is -2.21. The molecule has 3 heteroatoms. The second-order valence-electron chi connectivity index (χ2n) is 4.47. The van der Waals surface area contributed by atoms with E-state index in [1.807, 2.05) is 0 Å². The lowest BCUT2D eigenvalue weighted by molar-refractivity contribution is 0.600. The molecule has 0 fully saturated rings. The number of benzene rings is 2. The Morgan fingerprint density at radius 2 is 1.78 bits per heavy atom. The molecular formula is C15H13F2N. The van der Waals surface area contributed by atoms with Crippen molar-refractivity contribution >= 4 is 0 Å². The quantitative estimate of drug-likeness (QED) is 0.813. The molecule has 0 bridgehead atoms. The molecule has 18 heavy (non-hydrogen) atoms. The third-order valence-electron chi connectivity index (χ3n) is 3.38. The molecule has 3 rings (SSSR count). The fourth-order valence-corrected chi connectivity index (χ4v) is 2.49. The summed E-state index contributed by atoms with van der Waals surface area (Å²) >= 11 is 0. The van der Waals surface area contributed by atoms with Crippen LogP contribution in [0, 0.1) is 11.6 Å². The molecule has 0 saturated heterocycles. The van der Waals surface area contributed by atoms with Crippen molar-refractivity contribution in [1.29, 1.82) is 0 Å². The average Bonchev–Trinajstić information content (AvgIpc) is 2.40. The van der Waals surface area contributed by atoms with Crippen LogP contribution in [0.3, 0.4) is 0 Å². The lowest BCUT2D eigenvalue weighted by Crippen LogP contribution is -2.24. The molecule has 0 radical (unpaired) electrons. The Bertz CT molecular complexity index is 593. The van der Waals surface area contributed by atoms with E-state index in [1.165, 1.54) is 12.1 Å². The van der Waals surface area contributed by atoms with Crippen molar-refractivity contribution in [2.45, 2.75) is 13.0 Å². The van der Waals surface area contributed by atoms with E-state index >= 15 is 0 Å². The summed E-state index contributed by atoms with van der Waals surface area (Å²) in [6, 6.07) is 9.58. The molecule has 0 aromatic heterocycles. The van der Waals surface area contributed by atoms with Gasteiger partial charge in [-0.1, -0.05) is 24.3 Å². The van der Waals surface area contributed by atoms with Gasteiger partial charge in [-0.3, -0.25) is 0 Å². The minimum absolute atomic E-state index is 0.343. The van der Waals surface area contributed by atoms with E-state index in [1.54, 1.807) is 24.3 Å². The van der Waals surface area contributed by atoms with Crippen LogP contribution in [0.4, 0.5) is 8.78 Å². The van der Waals surface area contributed by atoms with E-state index in [0.717, 1.165) is 24.1 Å². The van der Waals surface area contributed by atoms with Crippen molar-refractivity contribution in [3.8, 4) is 11.1 Å². The number of nitrogens with one attached hydrogen (secondary N) is 1. The first-order valence-electron chi connectivity index (χ1n) is 6.03. The van der Waals surface area contributed by atoms with Crippen LogP contribution >= 0.6 is 0 Å². The van der Waals surface area contributed by atoms with Crippen LogP contribution in [0.1, 0.15) is 11.1 Å². The van der Waals surface area contributed by atoms with Gasteiger partial charge in [-0.05, 0) is 36.2 Å². The van der Waals surface area contributed by atoms with Gasteiger partial charge in [-0.2, -0.15) is 0 Å². The zero-order chi connectivity index (χ0) is 12.5. The van der Waals surface area contributed by atoms with E-state index in [4.69, 9.17) is 0 Å². The summed E-state index contributed by atoms with van der Waals surface area (Å²) in [4.78, 5) is 0. The molecule has 1 aliphatic rings. The van der Waals surface area contributed by atoms with E-state index in [-0.39, 0.29) is 11.6 Å². The molecule has 2 aromatic carbocycles. The van der Waals surface area contributed by atoms with E-state index in [2.05, 4.69) is 5.32 Å². The predicted octanol–water partition coefficient (Wildman–Crippen LogP) is 3.28. The number of halogens is 2. The summed E-state index contributed by atoms with van der Waals surface area (Å²) in [6.45, 7) is 1.48. The van der Waals surface area contributed by atoms with Gasteiger partial charge in [0, 0.05) is 17.7 Å². The van der Waals surface area contributed by atoms with Gasteiger partial charge in [0.05, 0.1) is 0 Å². The first kappa shape index (κ1) is 11.4. The Balaban J connectivity index is 2.25. The van der Waals surface area contributed by atoms with Gasteiger partial charge in [-0.25, -0.2) is 8.78 Å². The van der Waals surface area contributed by atoms with Gasteiger partial charge in [0.1, 0.15) is 11.6 Å². The molecule has 1 nitrogen and oxygen atoms in total. The van der Waals surface area contributed by atoms with Crippen LogP contribution in [0.25, 0.3) is 11.1 Å². The summed E-state index contributed by atoms with van der Waals surface area (Å²) in [5.74, 6) is -0.738. The van der Waals surface area contributed by atoms with Crippen molar-refractivity contribution in [1.82, 2.24) is 5.32 Å². The highest BCUT2D eigenvalue weighted by Gasteiger charge is 2.19. The number of rotatable bonds is 1. The zero-order valence-corrected chi connectivity index (χ0v) is 9.84. The molecule has 0 unspecified atom stereocenters. The molecule has 0 aliphatic carbocycles. The molecule has 1 N–H and O–H groups in total. The standard InChI is InChI=1S/C15H13F2N/c16-13-4-2-1-3-11(13)15-12-9-18-8-7-10(12)5-6-14(15)17/h1-6,18H,7-9H2. The Morgan fingerprint density at radius 3 is 2.61 bits per heavy atom. The van der Waals surface area contributed by atoms with Crippen LogP contribution in [0.5, 0.6) is 0 Å². The van der Waals surface area contributed by atoms with Gasteiger partial charge in [0.25, 0.3) is 0 Å². The Hall–Kier alpha value is -1.74. The molecule has 0 atom stereocenters. The highest BCUT2D eigenvalue weighted by molar-refractivity contribution is 5.70. The number of fused-ring (bicyclic) bond motifs is 1. The zero-order valence-electron chi connectivity index (χ0n) is 9.84. The molecule has 1 aliphatic heterocycles. The van der Waals surface area contributed by atoms with Gasteiger partial charge in [0.2, 0.25) is 0 Å². The minimum Gasteiger partial charge on any atom is -0.312 e. The molecule has 0 saturated carbocycles. The topological polar surface area (TPSA) is 12.0 Å². The minimum atomic E-state index is -0.379. The van der Waals surface area contributed by atoms with Gasteiger partial charge in [-0.15, -0.1) is 0 Å². The van der Waals surface area contributed by atoms with Crippen LogP contribution in [-0.2, 0) is 13.0 Å². The highest BCUT2D eigenvalue weighted by atomic mass is 19.1. The molecule has 0 spiro atoms. The van der Waals surface area contributed by atoms with E-state index in [0.29, 0.717) is 17.7 Å². The summed E-state index contributed by atoms with van der Waals surface area (Å²) in [5, 5.41) is 3.21. The Morgan fingerprint density at radius 1 is 0.944 bits per heavy atom.